The highest BCUT2D eigenvalue weighted by Crippen LogP contribution is 2.39. The first kappa shape index (κ1) is 18.3. The van der Waals surface area contributed by atoms with Crippen LogP contribution >= 0.6 is 22.9 Å². The fourth-order valence-corrected chi connectivity index (χ4v) is 4.25. The Morgan fingerprint density at radius 3 is 2.79 bits per heavy atom. The third-order valence-electron chi connectivity index (χ3n) is 4.43. The second-order valence-electron chi connectivity index (χ2n) is 6.31. The molecule has 1 unspecified atom stereocenters. The van der Waals surface area contributed by atoms with E-state index in [0.717, 1.165) is 27.0 Å². The molecule has 2 heterocycles. The fourth-order valence-electron chi connectivity index (χ4n) is 3.02. The van der Waals surface area contributed by atoms with Crippen molar-refractivity contribution in [3.05, 3.63) is 70.3 Å². The lowest BCUT2D eigenvalue weighted by molar-refractivity contribution is 0.0998. The van der Waals surface area contributed by atoms with Crippen LogP contribution in [0.15, 0.2) is 54.9 Å². The number of amides is 1. The summed E-state index contributed by atoms with van der Waals surface area (Å²) in [5.41, 5.74) is 8.90. The Hall–Kier alpha value is -3.03. The van der Waals surface area contributed by atoms with Crippen LogP contribution in [0.25, 0.3) is 21.5 Å². The summed E-state index contributed by atoms with van der Waals surface area (Å²) >= 11 is 7.54. The number of carbonyl (C=O) groups is 1. The summed E-state index contributed by atoms with van der Waals surface area (Å²) in [7, 11) is 0. The van der Waals surface area contributed by atoms with Crippen molar-refractivity contribution < 1.29 is 9.53 Å². The molecular weight excluding hydrogens is 396 g/mol. The molecule has 0 aliphatic carbocycles. The van der Waals surface area contributed by atoms with E-state index in [1.54, 1.807) is 12.4 Å². The van der Waals surface area contributed by atoms with E-state index in [0.29, 0.717) is 15.6 Å². The number of nitrogen functional groups attached to an aromatic ring is 1. The molecule has 8 heteroatoms. The number of hydrogen-bond donors (Lipinski definition) is 2. The van der Waals surface area contributed by atoms with Gasteiger partial charge in [-0.2, -0.15) is 0 Å². The van der Waals surface area contributed by atoms with Crippen LogP contribution in [0.1, 0.15) is 28.3 Å². The zero-order chi connectivity index (χ0) is 19.8. The summed E-state index contributed by atoms with van der Waals surface area (Å²) in [5.74, 6) is 5.72. The molecule has 0 aliphatic heterocycles. The average molecular weight is 413 g/mol. The maximum absolute atomic E-state index is 12.0. The SMILES string of the molecule is CC(Oc1cc(-c2ccc3c(c2)ncn3N)sc1C(N)=O)c1ccccc1Cl. The van der Waals surface area contributed by atoms with E-state index >= 15 is 0 Å². The number of halogens is 1. The fraction of sp³-hybridized carbons (Fsp3) is 0.100. The molecule has 0 saturated heterocycles. The topological polar surface area (TPSA) is 96.2 Å². The molecule has 0 saturated carbocycles. The van der Waals surface area contributed by atoms with Gasteiger partial charge in [0.1, 0.15) is 23.1 Å². The molecule has 142 valence electrons. The number of thiophene rings is 1. The average Bonchev–Trinajstić information content (AvgIpc) is 3.26. The maximum atomic E-state index is 12.0. The molecule has 0 fully saturated rings. The molecule has 4 aromatic rings. The van der Waals surface area contributed by atoms with Gasteiger partial charge >= 0.3 is 0 Å². The van der Waals surface area contributed by atoms with Crippen molar-refractivity contribution in [3.63, 3.8) is 0 Å². The van der Waals surface area contributed by atoms with Crippen molar-refractivity contribution in [1.82, 2.24) is 9.66 Å². The minimum atomic E-state index is -0.537. The van der Waals surface area contributed by atoms with Gasteiger partial charge in [-0.1, -0.05) is 35.9 Å². The molecule has 0 aliphatic rings. The first-order chi connectivity index (χ1) is 13.4. The predicted octanol–water partition coefficient (Wildman–Crippen LogP) is 4.37. The van der Waals surface area contributed by atoms with Crippen LogP contribution < -0.4 is 16.3 Å². The molecule has 4 rings (SSSR count). The maximum Gasteiger partial charge on any atom is 0.262 e. The number of fused-ring (bicyclic) bond motifs is 1. The van der Waals surface area contributed by atoms with Crippen LogP contribution in [-0.2, 0) is 0 Å². The Labute approximate surface area is 170 Å². The normalized spacial score (nSPS) is 12.2. The number of carbonyl (C=O) groups excluding carboxylic acids is 1. The van der Waals surface area contributed by atoms with Gasteiger partial charge in [0, 0.05) is 15.5 Å². The van der Waals surface area contributed by atoms with E-state index in [9.17, 15) is 4.79 Å². The first-order valence-corrected chi connectivity index (χ1v) is 9.70. The largest absolute Gasteiger partial charge is 0.484 e. The van der Waals surface area contributed by atoms with Gasteiger partial charge in [0.2, 0.25) is 0 Å². The zero-order valence-electron chi connectivity index (χ0n) is 14.9. The van der Waals surface area contributed by atoms with E-state index < -0.39 is 5.91 Å². The van der Waals surface area contributed by atoms with E-state index in [-0.39, 0.29) is 6.10 Å². The first-order valence-electron chi connectivity index (χ1n) is 8.51. The monoisotopic (exact) mass is 412 g/mol. The number of nitrogens with two attached hydrogens (primary N) is 2. The third kappa shape index (κ3) is 3.30. The van der Waals surface area contributed by atoms with E-state index in [1.165, 1.54) is 16.0 Å². The molecule has 0 bridgehead atoms. The van der Waals surface area contributed by atoms with Gasteiger partial charge in [0.15, 0.2) is 0 Å². The van der Waals surface area contributed by atoms with Crippen LogP contribution in [0.3, 0.4) is 0 Å². The third-order valence-corrected chi connectivity index (χ3v) is 5.95. The Bertz CT molecular complexity index is 1180. The highest BCUT2D eigenvalue weighted by atomic mass is 35.5. The molecule has 28 heavy (non-hydrogen) atoms. The van der Waals surface area contributed by atoms with Gasteiger partial charge in [0.05, 0.1) is 11.0 Å². The number of primary amides is 1. The second kappa shape index (κ2) is 7.18. The Kier molecular flexibility index (Phi) is 4.70. The van der Waals surface area contributed by atoms with Gasteiger partial charge in [-0.05, 0) is 36.8 Å². The Balaban J connectivity index is 1.71. The van der Waals surface area contributed by atoms with Crippen molar-refractivity contribution in [2.45, 2.75) is 13.0 Å². The summed E-state index contributed by atoms with van der Waals surface area (Å²) < 4.78 is 7.51. The zero-order valence-corrected chi connectivity index (χ0v) is 16.5. The summed E-state index contributed by atoms with van der Waals surface area (Å²) in [5, 5.41) is 0.605. The van der Waals surface area contributed by atoms with Gasteiger partial charge in [-0.15, -0.1) is 11.3 Å². The lowest BCUT2D eigenvalue weighted by Gasteiger charge is -2.16. The standard InChI is InChI=1S/C20H17ClN4O2S/c1-11(13-4-2-3-5-14(13)21)27-17-9-18(28-19(17)20(22)26)12-6-7-16-15(8-12)24-10-25(16)23/h2-11H,23H2,1H3,(H2,22,26). The van der Waals surface area contributed by atoms with Crippen LogP contribution in [-0.4, -0.2) is 15.6 Å². The quantitative estimate of drug-likeness (QED) is 0.475. The summed E-state index contributed by atoms with van der Waals surface area (Å²) in [6.45, 7) is 1.88. The van der Waals surface area contributed by atoms with E-state index in [1.807, 2.05) is 49.4 Å². The minimum Gasteiger partial charge on any atom is -0.484 e. The summed E-state index contributed by atoms with van der Waals surface area (Å²) in [4.78, 5) is 17.4. The number of benzene rings is 2. The van der Waals surface area contributed by atoms with Crippen LogP contribution in [0.4, 0.5) is 0 Å². The van der Waals surface area contributed by atoms with Crippen molar-refractivity contribution in [1.29, 1.82) is 0 Å². The molecule has 6 nitrogen and oxygen atoms in total. The number of nitrogens with zero attached hydrogens (tertiary/aromatic N) is 2. The van der Waals surface area contributed by atoms with E-state index in [4.69, 9.17) is 27.9 Å². The van der Waals surface area contributed by atoms with Gasteiger partial charge in [-0.25, -0.2) is 9.66 Å². The molecule has 2 aromatic carbocycles. The van der Waals surface area contributed by atoms with Gasteiger partial charge < -0.3 is 16.3 Å². The highest BCUT2D eigenvalue weighted by Gasteiger charge is 2.20. The van der Waals surface area contributed by atoms with Crippen molar-refractivity contribution in [3.8, 4) is 16.2 Å². The molecular formula is C20H17ClN4O2S. The second-order valence-corrected chi connectivity index (χ2v) is 7.76. The molecule has 4 N–H and O–H groups in total. The summed E-state index contributed by atoms with van der Waals surface area (Å²) in [6.07, 6.45) is 1.21. The molecule has 1 atom stereocenters. The predicted molar refractivity (Wildman–Crippen MR) is 112 cm³/mol. The number of imidazole rings is 1. The highest BCUT2D eigenvalue weighted by molar-refractivity contribution is 7.17. The van der Waals surface area contributed by atoms with Crippen LogP contribution in [0.5, 0.6) is 5.75 Å². The van der Waals surface area contributed by atoms with Crippen molar-refractivity contribution in [2.24, 2.45) is 5.73 Å². The number of aromatic nitrogens is 2. The van der Waals surface area contributed by atoms with Gasteiger partial charge in [0.25, 0.3) is 5.91 Å². The molecule has 2 aromatic heterocycles. The number of ether oxygens (including phenoxy) is 1. The van der Waals surface area contributed by atoms with Crippen molar-refractivity contribution in [2.75, 3.05) is 5.84 Å². The lowest BCUT2D eigenvalue weighted by atomic mass is 10.1. The smallest absolute Gasteiger partial charge is 0.262 e. The minimum absolute atomic E-state index is 0.343. The Morgan fingerprint density at radius 2 is 2.04 bits per heavy atom. The molecule has 0 spiro atoms. The number of hydrogen-bond acceptors (Lipinski definition) is 5. The van der Waals surface area contributed by atoms with E-state index in [2.05, 4.69) is 4.98 Å². The lowest BCUT2D eigenvalue weighted by Crippen LogP contribution is -2.12. The Morgan fingerprint density at radius 1 is 1.25 bits per heavy atom. The molecule has 0 radical (unpaired) electrons. The van der Waals surface area contributed by atoms with Crippen LogP contribution in [0.2, 0.25) is 5.02 Å². The molecule has 1 amide bonds. The van der Waals surface area contributed by atoms with Crippen molar-refractivity contribution >= 4 is 39.9 Å². The van der Waals surface area contributed by atoms with Crippen LogP contribution in [0, 0.1) is 0 Å². The van der Waals surface area contributed by atoms with Gasteiger partial charge in [-0.3, -0.25) is 4.79 Å². The number of rotatable bonds is 5. The summed E-state index contributed by atoms with van der Waals surface area (Å²) in [6, 6.07) is 15.0.